The number of carboxylic acids is 4. The molecule has 0 aromatic heterocycles. The summed E-state index contributed by atoms with van der Waals surface area (Å²) in [6.07, 6.45) is 0. The van der Waals surface area contributed by atoms with Gasteiger partial charge in [0.25, 0.3) is 0 Å². The summed E-state index contributed by atoms with van der Waals surface area (Å²) in [7, 11) is 0. The fraction of sp³-hybridized carbons (Fsp3) is 0.522. The quantitative estimate of drug-likeness (QED) is 0.136. The number of aliphatic imine (C=N–C) groups is 1. The number of thiocarbonyl (C=S) groups is 1. The molecular formula is C23H27N5Na4O8S. The van der Waals surface area contributed by atoms with E-state index in [2.05, 4.69) is 22.4 Å². The summed E-state index contributed by atoms with van der Waals surface area (Å²) < 4.78 is 0. The predicted molar refractivity (Wildman–Crippen MR) is 125 cm³/mol. The first-order valence-electron chi connectivity index (χ1n) is 11.5. The van der Waals surface area contributed by atoms with Crippen LogP contribution in [0, 0.1) is 0 Å². The van der Waals surface area contributed by atoms with Crippen molar-refractivity contribution in [3.8, 4) is 0 Å². The average molecular weight is 626 g/mol. The van der Waals surface area contributed by atoms with Crippen LogP contribution in [0.4, 0.5) is 5.69 Å². The minimum Gasteiger partial charge on any atom is -0.549 e. The molecule has 0 amide bonds. The number of carbonyl (C=O) groups is 4. The normalized spacial score (nSPS) is 16.3. The van der Waals surface area contributed by atoms with Gasteiger partial charge in [0.05, 0.1) is 40.8 Å². The second-order valence-corrected chi connectivity index (χ2v) is 8.68. The van der Waals surface area contributed by atoms with Crippen LogP contribution in [-0.2, 0) is 19.2 Å². The minimum atomic E-state index is -1.39. The van der Waals surface area contributed by atoms with E-state index >= 15 is 0 Å². The van der Waals surface area contributed by atoms with Crippen molar-refractivity contribution in [2.75, 3.05) is 72.0 Å². The van der Waals surface area contributed by atoms with Crippen molar-refractivity contribution in [1.82, 2.24) is 19.6 Å². The molecule has 18 heteroatoms. The van der Waals surface area contributed by atoms with Crippen LogP contribution in [-0.4, -0.2) is 121 Å². The first kappa shape index (κ1) is 46.2. The Morgan fingerprint density at radius 2 is 1.02 bits per heavy atom. The maximum atomic E-state index is 12.2. The molecule has 0 aliphatic carbocycles. The molecular weight excluding hydrogens is 598 g/mol. The molecule has 1 heterocycles. The summed E-state index contributed by atoms with van der Waals surface area (Å²) in [6, 6.07) is 5.02. The second kappa shape index (κ2) is 25.0. The number of hydrogen-bond acceptors (Lipinski definition) is 14. The molecule has 0 radical (unpaired) electrons. The van der Waals surface area contributed by atoms with Crippen LogP contribution in [0.3, 0.4) is 0 Å². The summed E-state index contributed by atoms with van der Waals surface area (Å²) in [5, 5.41) is 48.2. The molecule has 1 unspecified atom stereocenters. The van der Waals surface area contributed by atoms with Gasteiger partial charge in [0.1, 0.15) is 0 Å². The van der Waals surface area contributed by atoms with Crippen LogP contribution >= 0.6 is 12.2 Å². The van der Waals surface area contributed by atoms with Gasteiger partial charge in [0.15, 0.2) is 0 Å². The molecule has 1 atom stereocenters. The standard InChI is InChI=1S/C23H31N5O8S.4Na/c29-19(30)13-25-5-7-26(14-20(31)32)9-11-28(12-10-27(8-6-25)15-21(33)34)22(23(35)36)17-1-3-18(4-2-17)24-16-37;;;;/h1-4,22H,5-15H2,(H,29,30)(H,31,32)(H,33,34)(H,35,36);;;;/q;4*+1/p-4. The number of carboxylic acid groups (broad SMARTS) is 4. The first-order valence-corrected chi connectivity index (χ1v) is 11.9. The first-order chi connectivity index (χ1) is 17.6. The van der Waals surface area contributed by atoms with E-state index in [4.69, 9.17) is 0 Å². The van der Waals surface area contributed by atoms with Crippen LogP contribution in [0.15, 0.2) is 29.3 Å². The van der Waals surface area contributed by atoms with E-state index in [1.807, 2.05) is 0 Å². The van der Waals surface area contributed by atoms with Crippen molar-refractivity contribution >= 4 is 46.9 Å². The number of benzene rings is 1. The van der Waals surface area contributed by atoms with Crippen LogP contribution in [0.5, 0.6) is 0 Å². The van der Waals surface area contributed by atoms with Gasteiger partial charge < -0.3 is 39.6 Å². The zero-order valence-corrected chi connectivity index (χ0v) is 32.9. The van der Waals surface area contributed by atoms with Crippen molar-refractivity contribution in [1.29, 1.82) is 0 Å². The number of hydrogen-bond donors (Lipinski definition) is 0. The number of nitrogens with zero attached hydrogens (tertiary/aromatic N) is 5. The summed E-state index contributed by atoms with van der Waals surface area (Å²) >= 11 is 4.58. The van der Waals surface area contributed by atoms with Crippen molar-refractivity contribution in [2.24, 2.45) is 4.99 Å². The van der Waals surface area contributed by atoms with Gasteiger partial charge in [0, 0.05) is 72.0 Å². The van der Waals surface area contributed by atoms with Gasteiger partial charge in [-0.05, 0) is 29.9 Å². The second-order valence-electron chi connectivity index (χ2n) is 8.50. The maximum absolute atomic E-state index is 12.2. The third kappa shape index (κ3) is 18.3. The molecule has 0 bridgehead atoms. The van der Waals surface area contributed by atoms with E-state index in [-0.39, 0.29) is 171 Å². The smallest absolute Gasteiger partial charge is 0.549 e. The summed E-state index contributed by atoms with van der Waals surface area (Å²) in [5.41, 5.74) is 0.861. The van der Waals surface area contributed by atoms with Crippen LogP contribution < -0.4 is 139 Å². The molecule has 1 aliphatic rings. The Labute approximate surface area is 332 Å². The van der Waals surface area contributed by atoms with Gasteiger partial charge >= 0.3 is 118 Å². The van der Waals surface area contributed by atoms with Crippen LogP contribution in [0.1, 0.15) is 11.6 Å². The van der Waals surface area contributed by atoms with Crippen LogP contribution in [0.25, 0.3) is 0 Å². The van der Waals surface area contributed by atoms with Crippen molar-refractivity contribution in [3.63, 3.8) is 0 Å². The van der Waals surface area contributed by atoms with E-state index in [1.165, 1.54) is 14.7 Å². The maximum Gasteiger partial charge on any atom is 1.00 e. The van der Waals surface area contributed by atoms with E-state index in [1.54, 1.807) is 29.2 Å². The zero-order valence-electron chi connectivity index (χ0n) is 24.1. The fourth-order valence-electron chi connectivity index (χ4n) is 4.11. The minimum absolute atomic E-state index is 0. The van der Waals surface area contributed by atoms with Gasteiger partial charge in [0.2, 0.25) is 0 Å². The van der Waals surface area contributed by atoms with E-state index in [0.29, 0.717) is 11.3 Å². The largest absolute Gasteiger partial charge is 1.00 e. The van der Waals surface area contributed by atoms with Crippen LogP contribution in [0.2, 0.25) is 0 Å². The van der Waals surface area contributed by atoms with Crippen molar-refractivity contribution in [2.45, 2.75) is 6.04 Å². The molecule has 13 nitrogen and oxygen atoms in total. The Morgan fingerprint density at radius 3 is 1.32 bits per heavy atom. The molecule has 0 N–H and O–H groups in total. The fourth-order valence-corrected chi connectivity index (χ4v) is 4.22. The molecule has 1 aromatic rings. The summed E-state index contributed by atoms with van der Waals surface area (Å²) in [5.74, 6) is -5.39. The number of isothiocyanates is 1. The Kier molecular flexibility index (Phi) is 28.1. The zero-order chi connectivity index (χ0) is 27.4. The third-order valence-corrected chi connectivity index (χ3v) is 5.99. The van der Waals surface area contributed by atoms with Gasteiger partial charge in [-0.1, -0.05) is 12.1 Å². The Balaban J connectivity index is -0.00000361. The predicted octanol–water partition coefficient (Wildman–Crippen LogP) is -17.3. The SMILES string of the molecule is O=C([O-])CN1CCN(CC(=O)[O-])CCN(C(C(=O)[O-])c2ccc(N=C=S)cc2)CCN(CC(=O)[O-])CC1.[Na+].[Na+].[Na+].[Na+]. The Bertz CT molecular complexity index is 988. The number of rotatable bonds is 10. The topological polar surface area (TPSA) is 186 Å². The third-order valence-electron chi connectivity index (χ3n) is 5.90. The molecule has 0 spiro atoms. The number of carbonyl (C=O) groups excluding carboxylic acids is 4. The molecule has 1 saturated heterocycles. The van der Waals surface area contributed by atoms with Gasteiger partial charge in [-0.15, -0.1) is 0 Å². The van der Waals surface area contributed by atoms with Gasteiger partial charge in [-0.2, -0.15) is 4.99 Å². The van der Waals surface area contributed by atoms with E-state index < -0.39 is 49.6 Å². The molecule has 41 heavy (non-hydrogen) atoms. The molecule has 1 fully saturated rings. The molecule has 0 saturated carbocycles. The molecule has 202 valence electrons. The monoisotopic (exact) mass is 625 g/mol. The van der Waals surface area contributed by atoms with Gasteiger partial charge in [-0.3, -0.25) is 19.6 Å². The van der Waals surface area contributed by atoms with E-state index in [0.717, 1.165) is 0 Å². The molecule has 1 aromatic carbocycles. The number of aliphatic carboxylic acids is 4. The summed E-state index contributed by atoms with van der Waals surface area (Å²) in [4.78, 5) is 56.0. The van der Waals surface area contributed by atoms with Crippen molar-refractivity contribution in [3.05, 3.63) is 29.8 Å². The molecule has 2 rings (SSSR count). The van der Waals surface area contributed by atoms with E-state index in [9.17, 15) is 39.6 Å². The average Bonchev–Trinajstić information content (AvgIpc) is 2.80. The van der Waals surface area contributed by atoms with Crippen molar-refractivity contribution < 1.29 is 158 Å². The summed E-state index contributed by atoms with van der Waals surface area (Å²) in [6.45, 7) is -0.273. The Morgan fingerprint density at radius 1 is 0.683 bits per heavy atom. The van der Waals surface area contributed by atoms with Gasteiger partial charge in [-0.25, -0.2) is 0 Å². The molecule has 1 aliphatic heterocycles. The Hall–Kier alpha value is 0.740.